The van der Waals surface area contributed by atoms with Gasteiger partial charge in [0.1, 0.15) is 12.7 Å². The summed E-state index contributed by atoms with van der Waals surface area (Å²) in [6.07, 6.45) is -3.39. The van der Waals surface area contributed by atoms with Crippen molar-refractivity contribution in [1.82, 2.24) is 4.98 Å². The van der Waals surface area contributed by atoms with Crippen molar-refractivity contribution >= 4 is 39.4 Å². The predicted molar refractivity (Wildman–Crippen MR) is 115 cm³/mol. The van der Waals surface area contributed by atoms with E-state index in [0.29, 0.717) is 5.56 Å². The molecule has 0 unspecified atom stereocenters. The smallest absolute Gasteiger partial charge is 0.416 e. The van der Waals surface area contributed by atoms with Gasteiger partial charge in [-0.05, 0) is 72.4 Å². The van der Waals surface area contributed by atoms with Crippen LogP contribution in [0.15, 0.2) is 34.9 Å². The van der Waals surface area contributed by atoms with Crippen molar-refractivity contribution in [3.8, 4) is 0 Å². The van der Waals surface area contributed by atoms with Crippen molar-refractivity contribution in [2.75, 3.05) is 17.2 Å². The molecule has 6 nitrogen and oxygen atoms in total. The van der Waals surface area contributed by atoms with E-state index in [4.69, 9.17) is 4.74 Å². The van der Waals surface area contributed by atoms with Crippen molar-refractivity contribution in [2.45, 2.75) is 33.4 Å². The number of esters is 1. The van der Waals surface area contributed by atoms with E-state index in [9.17, 15) is 22.8 Å². The first-order valence-electron chi connectivity index (χ1n) is 9.20. The van der Waals surface area contributed by atoms with Crippen LogP contribution in [-0.4, -0.2) is 23.6 Å². The third kappa shape index (κ3) is 6.61. The average molecular weight is 501 g/mol. The SMILES string of the molecule is [CH2+]COC(=O)C(C)(C)Cc1ccc(NC(=O)Nc2ncc(Br)cc2C)cc1C(F)(F)F. The number of hydrogen-bond acceptors (Lipinski definition) is 4. The third-order valence-corrected chi connectivity index (χ3v) is 4.80. The first kappa shape index (κ1) is 24.5. The van der Waals surface area contributed by atoms with E-state index in [2.05, 4.69) is 38.5 Å². The Hall–Kier alpha value is -2.75. The molecule has 1 aromatic carbocycles. The number of nitrogens with zero attached hydrogens (tertiary/aromatic N) is 1. The van der Waals surface area contributed by atoms with Crippen LogP contribution in [0.4, 0.5) is 29.5 Å². The van der Waals surface area contributed by atoms with Crippen LogP contribution in [0.1, 0.15) is 30.5 Å². The van der Waals surface area contributed by atoms with Crippen LogP contribution in [-0.2, 0) is 22.1 Å². The van der Waals surface area contributed by atoms with Crippen molar-refractivity contribution in [1.29, 1.82) is 0 Å². The number of nitrogens with one attached hydrogen (secondary N) is 2. The van der Waals surface area contributed by atoms with Gasteiger partial charge in [0, 0.05) is 16.4 Å². The molecule has 0 atom stereocenters. The molecular formula is C21H22BrF3N3O3+. The fourth-order valence-corrected chi connectivity index (χ4v) is 3.30. The summed E-state index contributed by atoms with van der Waals surface area (Å²) in [5, 5.41) is 4.87. The summed E-state index contributed by atoms with van der Waals surface area (Å²) in [7, 11) is 0. The van der Waals surface area contributed by atoms with Crippen LogP contribution in [0, 0.1) is 19.3 Å². The molecule has 0 spiro atoms. The van der Waals surface area contributed by atoms with Gasteiger partial charge >= 0.3 is 18.2 Å². The topological polar surface area (TPSA) is 80.3 Å². The van der Waals surface area contributed by atoms with Crippen molar-refractivity contribution in [3.05, 3.63) is 58.5 Å². The number of alkyl halides is 3. The number of hydrogen-bond donors (Lipinski definition) is 2. The predicted octanol–water partition coefficient (Wildman–Crippen LogP) is 5.76. The Bertz CT molecular complexity index is 978. The summed E-state index contributed by atoms with van der Waals surface area (Å²) in [6.45, 7) is 8.02. The molecule has 1 heterocycles. The zero-order valence-electron chi connectivity index (χ0n) is 17.2. The van der Waals surface area contributed by atoms with Crippen LogP contribution in [0.3, 0.4) is 0 Å². The second kappa shape index (κ2) is 9.59. The molecule has 1 aromatic heterocycles. The molecular weight excluding hydrogens is 479 g/mol. The molecule has 0 fully saturated rings. The standard InChI is InChI=1S/C21H21BrF3N3O3/c1-5-31-18(29)20(3,4)10-13-6-7-15(9-16(13)21(23,24)25)27-19(30)28-17-12(2)8-14(22)11-26-17/h6-9,11H,1,5,10H2,2-4H3,(H-,26,27,28,30)/p+1. The normalized spacial score (nSPS) is 11.7. The highest BCUT2D eigenvalue weighted by Gasteiger charge is 2.37. The van der Waals surface area contributed by atoms with E-state index in [0.717, 1.165) is 10.5 Å². The summed E-state index contributed by atoms with van der Waals surface area (Å²) in [5.74, 6) is -0.367. The number of pyridine rings is 1. The van der Waals surface area contributed by atoms with Gasteiger partial charge in [-0.1, -0.05) is 6.07 Å². The molecule has 0 saturated carbocycles. The van der Waals surface area contributed by atoms with Gasteiger partial charge in [-0.15, -0.1) is 0 Å². The molecule has 10 heteroatoms. The number of aromatic nitrogens is 1. The molecule has 0 aliphatic carbocycles. The number of aryl methyl sites for hydroxylation is 1. The number of amides is 2. The summed E-state index contributed by atoms with van der Waals surface area (Å²) in [6, 6.07) is 4.41. The van der Waals surface area contributed by atoms with E-state index in [1.54, 1.807) is 13.0 Å². The zero-order chi connectivity index (χ0) is 23.4. The van der Waals surface area contributed by atoms with E-state index >= 15 is 0 Å². The fraction of sp³-hybridized carbons (Fsp3) is 0.333. The molecule has 31 heavy (non-hydrogen) atoms. The molecule has 0 bridgehead atoms. The second-order valence-electron chi connectivity index (χ2n) is 7.46. The fourth-order valence-electron chi connectivity index (χ4n) is 2.85. The number of rotatable bonds is 6. The minimum absolute atomic E-state index is 0.0542. The van der Waals surface area contributed by atoms with E-state index in [1.807, 2.05) is 0 Å². The number of benzene rings is 1. The number of anilines is 2. The molecule has 0 saturated heterocycles. The van der Waals surface area contributed by atoms with Gasteiger partial charge in [0.2, 0.25) is 6.61 Å². The number of urea groups is 1. The van der Waals surface area contributed by atoms with Crippen LogP contribution in [0.25, 0.3) is 0 Å². The molecule has 0 radical (unpaired) electrons. The maximum absolute atomic E-state index is 13.7. The minimum atomic E-state index is -4.68. The Kier molecular flexibility index (Phi) is 7.58. The Morgan fingerprint density at radius 2 is 1.87 bits per heavy atom. The van der Waals surface area contributed by atoms with Gasteiger partial charge < -0.3 is 10.1 Å². The van der Waals surface area contributed by atoms with Crippen molar-refractivity contribution < 1.29 is 27.5 Å². The lowest BCUT2D eigenvalue weighted by atomic mass is 9.84. The molecule has 2 amide bonds. The van der Waals surface area contributed by atoms with Crippen LogP contribution in [0.2, 0.25) is 0 Å². The molecule has 0 aliphatic heterocycles. The lowest BCUT2D eigenvalue weighted by molar-refractivity contribution is -0.153. The zero-order valence-corrected chi connectivity index (χ0v) is 18.8. The van der Waals surface area contributed by atoms with Crippen LogP contribution < -0.4 is 10.6 Å². The largest absolute Gasteiger partial charge is 0.423 e. The Morgan fingerprint density at radius 3 is 2.45 bits per heavy atom. The highest BCUT2D eigenvalue weighted by molar-refractivity contribution is 9.10. The van der Waals surface area contributed by atoms with E-state index < -0.39 is 29.2 Å². The molecule has 2 N–H and O–H groups in total. The maximum atomic E-state index is 13.7. The van der Waals surface area contributed by atoms with E-state index in [-0.39, 0.29) is 30.1 Å². The molecule has 2 aromatic rings. The summed E-state index contributed by atoms with van der Waals surface area (Å²) < 4.78 is 46.6. The van der Waals surface area contributed by atoms with Gasteiger partial charge in [-0.2, -0.15) is 13.2 Å². The minimum Gasteiger partial charge on any atom is -0.423 e. The van der Waals surface area contributed by atoms with Gasteiger partial charge in [-0.3, -0.25) is 10.1 Å². The van der Waals surface area contributed by atoms with Gasteiger partial charge in [-0.25, -0.2) is 9.78 Å². The molecule has 166 valence electrons. The number of carbonyl (C=O) groups excluding carboxylic acids is 2. The summed E-state index contributed by atoms with van der Waals surface area (Å²) in [5.41, 5.74) is -1.60. The van der Waals surface area contributed by atoms with Gasteiger partial charge in [0.15, 0.2) is 0 Å². The van der Waals surface area contributed by atoms with Crippen molar-refractivity contribution in [3.63, 3.8) is 0 Å². The summed E-state index contributed by atoms with van der Waals surface area (Å²) in [4.78, 5) is 28.3. The van der Waals surface area contributed by atoms with Crippen molar-refractivity contribution in [2.24, 2.45) is 5.41 Å². The maximum Gasteiger partial charge on any atom is 0.416 e. The van der Waals surface area contributed by atoms with Crippen LogP contribution in [0.5, 0.6) is 0 Å². The monoisotopic (exact) mass is 500 g/mol. The Labute approximate surface area is 186 Å². The lowest BCUT2D eigenvalue weighted by Gasteiger charge is -2.24. The molecule has 0 aliphatic rings. The van der Waals surface area contributed by atoms with E-state index in [1.165, 1.54) is 32.2 Å². The average Bonchev–Trinajstić information content (AvgIpc) is 2.64. The van der Waals surface area contributed by atoms with Gasteiger partial charge in [0.25, 0.3) is 0 Å². The second-order valence-corrected chi connectivity index (χ2v) is 8.38. The number of carbonyl (C=O) groups is 2. The van der Waals surface area contributed by atoms with Crippen LogP contribution >= 0.6 is 15.9 Å². The Morgan fingerprint density at radius 1 is 1.19 bits per heavy atom. The first-order chi connectivity index (χ1) is 14.3. The third-order valence-electron chi connectivity index (χ3n) is 4.37. The number of halogens is 4. The first-order valence-corrected chi connectivity index (χ1v) is 9.99. The lowest BCUT2D eigenvalue weighted by Crippen LogP contribution is -2.30. The van der Waals surface area contributed by atoms with Gasteiger partial charge in [0.05, 0.1) is 11.0 Å². The number of ether oxygens (including phenoxy) is 1. The molecule has 2 rings (SSSR count). The quantitative estimate of drug-likeness (QED) is 0.390. The highest BCUT2D eigenvalue weighted by Crippen LogP contribution is 2.37. The summed E-state index contributed by atoms with van der Waals surface area (Å²) >= 11 is 3.26. The highest BCUT2D eigenvalue weighted by atomic mass is 79.9. The Balaban J connectivity index is 2.24.